The van der Waals surface area contributed by atoms with E-state index in [0.717, 1.165) is 11.0 Å². The second-order valence-electron chi connectivity index (χ2n) is 7.08. The number of H-pyrrole nitrogens is 1. The molecule has 0 aliphatic heterocycles. The van der Waals surface area contributed by atoms with Gasteiger partial charge in [0.2, 0.25) is 5.82 Å². The van der Waals surface area contributed by atoms with Crippen LogP contribution in [0.25, 0.3) is 33.5 Å². The molecule has 2 aromatic carbocycles. The largest absolute Gasteiger partial charge is 0.453 e. The predicted molar refractivity (Wildman–Crippen MR) is 122 cm³/mol. The van der Waals surface area contributed by atoms with Crippen molar-refractivity contribution in [1.29, 1.82) is 0 Å². The zero-order valence-electron chi connectivity index (χ0n) is 16.8. The number of hydrogen-bond acceptors (Lipinski definition) is 6. The summed E-state index contributed by atoms with van der Waals surface area (Å²) in [6.45, 7) is 6.36. The summed E-state index contributed by atoms with van der Waals surface area (Å²) >= 11 is 1.47. The minimum Gasteiger partial charge on any atom is -0.453 e. The molecule has 0 aliphatic rings. The van der Waals surface area contributed by atoms with Gasteiger partial charge in [-0.25, -0.2) is 4.98 Å². The fraction of sp³-hybridized carbons (Fsp3) is 0.130. The first-order valence-corrected chi connectivity index (χ1v) is 10.7. The SMILES string of the molecule is C=CCn1c(S[C@@H](C)c2nc3ccccc3c(=O)[nH]2)nnc1-c1cc2ccccc2o1. The first-order valence-electron chi connectivity index (χ1n) is 9.82. The van der Waals surface area contributed by atoms with Crippen molar-refractivity contribution in [1.82, 2.24) is 24.7 Å². The van der Waals surface area contributed by atoms with Crippen LogP contribution in [0, 0.1) is 0 Å². The molecule has 5 aromatic rings. The summed E-state index contributed by atoms with van der Waals surface area (Å²) in [5.74, 6) is 1.87. The van der Waals surface area contributed by atoms with Crippen LogP contribution in [0.5, 0.6) is 0 Å². The molecule has 8 heteroatoms. The number of nitrogens with one attached hydrogen (secondary N) is 1. The van der Waals surface area contributed by atoms with Gasteiger partial charge in [-0.15, -0.1) is 16.8 Å². The van der Waals surface area contributed by atoms with Gasteiger partial charge in [0.1, 0.15) is 11.4 Å². The Kier molecular flexibility index (Phi) is 4.91. The summed E-state index contributed by atoms with van der Waals surface area (Å²) in [6.07, 6.45) is 1.79. The molecule has 0 spiro atoms. The molecule has 0 amide bonds. The molecule has 31 heavy (non-hydrogen) atoms. The van der Waals surface area contributed by atoms with E-state index in [2.05, 4.69) is 26.7 Å². The van der Waals surface area contributed by atoms with Crippen molar-refractivity contribution in [3.8, 4) is 11.6 Å². The Hall–Kier alpha value is -3.65. The highest BCUT2D eigenvalue weighted by Gasteiger charge is 2.21. The normalized spacial score (nSPS) is 12.4. The monoisotopic (exact) mass is 429 g/mol. The van der Waals surface area contributed by atoms with Crippen molar-refractivity contribution in [3.63, 3.8) is 0 Å². The maximum absolute atomic E-state index is 12.4. The first kappa shape index (κ1) is 19.3. The fourth-order valence-electron chi connectivity index (χ4n) is 3.45. The minimum absolute atomic E-state index is 0.145. The number of thioether (sulfide) groups is 1. The van der Waals surface area contributed by atoms with E-state index in [4.69, 9.17) is 4.42 Å². The van der Waals surface area contributed by atoms with Crippen molar-refractivity contribution >= 4 is 33.6 Å². The van der Waals surface area contributed by atoms with E-state index in [1.807, 2.05) is 60.0 Å². The van der Waals surface area contributed by atoms with E-state index < -0.39 is 0 Å². The summed E-state index contributed by atoms with van der Waals surface area (Å²) < 4.78 is 7.93. The number of aromatic amines is 1. The molecule has 0 fully saturated rings. The van der Waals surface area contributed by atoms with Gasteiger partial charge in [-0.3, -0.25) is 9.36 Å². The number of para-hydroxylation sites is 2. The molecule has 0 radical (unpaired) electrons. The van der Waals surface area contributed by atoms with Crippen LogP contribution < -0.4 is 5.56 Å². The zero-order chi connectivity index (χ0) is 21.4. The highest BCUT2D eigenvalue weighted by atomic mass is 32.2. The maximum Gasteiger partial charge on any atom is 0.258 e. The van der Waals surface area contributed by atoms with Gasteiger partial charge in [0.15, 0.2) is 10.9 Å². The van der Waals surface area contributed by atoms with Crippen molar-refractivity contribution in [2.45, 2.75) is 23.9 Å². The lowest BCUT2D eigenvalue weighted by Gasteiger charge is -2.12. The van der Waals surface area contributed by atoms with Crippen molar-refractivity contribution in [3.05, 3.63) is 83.4 Å². The average molecular weight is 430 g/mol. The number of fused-ring (bicyclic) bond motifs is 2. The Morgan fingerprint density at radius 2 is 2.00 bits per heavy atom. The van der Waals surface area contributed by atoms with Gasteiger partial charge in [-0.2, -0.15) is 0 Å². The molecule has 3 heterocycles. The summed E-state index contributed by atoms with van der Waals surface area (Å²) in [5.41, 5.74) is 1.32. The molecule has 0 aliphatic carbocycles. The number of nitrogens with zero attached hydrogens (tertiary/aromatic N) is 4. The Morgan fingerprint density at radius 1 is 1.19 bits per heavy atom. The summed E-state index contributed by atoms with van der Waals surface area (Å²) in [6, 6.07) is 17.1. The Labute approximate surface area is 181 Å². The van der Waals surface area contributed by atoms with Crippen LogP contribution in [0.4, 0.5) is 0 Å². The molecule has 0 unspecified atom stereocenters. The lowest BCUT2D eigenvalue weighted by molar-refractivity contribution is 0.613. The minimum atomic E-state index is -0.149. The van der Waals surface area contributed by atoms with Crippen LogP contribution in [-0.4, -0.2) is 24.7 Å². The van der Waals surface area contributed by atoms with Gasteiger partial charge in [-0.05, 0) is 31.2 Å². The molecule has 7 nitrogen and oxygen atoms in total. The van der Waals surface area contributed by atoms with E-state index in [1.54, 1.807) is 12.1 Å². The van der Waals surface area contributed by atoms with E-state index >= 15 is 0 Å². The Bertz CT molecular complexity index is 1430. The highest BCUT2D eigenvalue weighted by Crippen LogP contribution is 2.35. The van der Waals surface area contributed by atoms with Crippen molar-refractivity contribution in [2.24, 2.45) is 0 Å². The molecule has 0 bridgehead atoms. The standard InChI is InChI=1S/C23H19N5O2S/c1-3-12-28-21(19-13-15-8-4-7-11-18(15)30-19)26-27-23(28)31-14(2)20-24-17-10-6-5-9-16(17)22(29)25-20/h3-11,13-14H,1,12H2,2H3,(H,24,25,29)/t14-/m0/s1. The maximum atomic E-state index is 12.4. The predicted octanol–water partition coefficient (Wildman–Crippen LogP) is 4.97. The molecule has 0 saturated heterocycles. The smallest absolute Gasteiger partial charge is 0.258 e. The molecular formula is C23H19N5O2S. The lowest BCUT2D eigenvalue weighted by atomic mass is 10.2. The van der Waals surface area contributed by atoms with Crippen molar-refractivity contribution in [2.75, 3.05) is 0 Å². The van der Waals surface area contributed by atoms with Gasteiger partial charge in [0, 0.05) is 11.9 Å². The van der Waals surface area contributed by atoms with Crippen LogP contribution in [-0.2, 0) is 6.54 Å². The third kappa shape index (κ3) is 3.55. The molecule has 5 rings (SSSR count). The second-order valence-corrected chi connectivity index (χ2v) is 8.39. The topological polar surface area (TPSA) is 89.6 Å². The van der Waals surface area contributed by atoms with E-state index in [1.165, 1.54) is 11.8 Å². The summed E-state index contributed by atoms with van der Waals surface area (Å²) in [5, 5.41) is 10.9. The number of benzene rings is 2. The third-order valence-corrected chi connectivity index (χ3v) is 6.06. The molecule has 1 N–H and O–H groups in total. The second kappa shape index (κ2) is 7.88. The number of rotatable bonds is 6. The number of hydrogen-bond donors (Lipinski definition) is 1. The molecule has 154 valence electrons. The molecular weight excluding hydrogens is 410 g/mol. The van der Waals surface area contributed by atoms with Gasteiger partial charge >= 0.3 is 0 Å². The van der Waals surface area contributed by atoms with Crippen LogP contribution in [0.2, 0.25) is 0 Å². The highest BCUT2D eigenvalue weighted by molar-refractivity contribution is 7.99. The van der Waals surface area contributed by atoms with Gasteiger partial charge < -0.3 is 9.40 Å². The molecule has 1 atom stereocenters. The number of allylic oxidation sites excluding steroid dienone is 1. The van der Waals surface area contributed by atoms with Crippen LogP contribution in [0.3, 0.4) is 0 Å². The van der Waals surface area contributed by atoms with Gasteiger partial charge in [-0.1, -0.05) is 48.2 Å². The summed E-state index contributed by atoms with van der Waals surface area (Å²) in [4.78, 5) is 20.0. The van der Waals surface area contributed by atoms with Crippen LogP contribution >= 0.6 is 11.8 Å². The average Bonchev–Trinajstić information content (AvgIpc) is 3.38. The fourth-order valence-corrected chi connectivity index (χ4v) is 4.37. The Balaban J connectivity index is 1.50. The number of furan rings is 1. The van der Waals surface area contributed by atoms with E-state index in [-0.39, 0.29) is 10.8 Å². The van der Waals surface area contributed by atoms with E-state index in [9.17, 15) is 4.79 Å². The molecule has 3 aromatic heterocycles. The van der Waals surface area contributed by atoms with E-state index in [0.29, 0.717) is 40.0 Å². The van der Waals surface area contributed by atoms with Gasteiger partial charge in [0.25, 0.3) is 5.56 Å². The summed E-state index contributed by atoms with van der Waals surface area (Å²) in [7, 11) is 0. The first-order chi connectivity index (χ1) is 15.1. The number of aromatic nitrogens is 5. The van der Waals surface area contributed by atoms with Crippen molar-refractivity contribution < 1.29 is 4.42 Å². The quantitative estimate of drug-likeness (QED) is 0.303. The third-order valence-electron chi connectivity index (χ3n) is 4.97. The zero-order valence-corrected chi connectivity index (χ0v) is 17.6. The van der Waals surface area contributed by atoms with Crippen LogP contribution in [0.15, 0.2) is 81.6 Å². The van der Waals surface area contributed by atoms with Crippen LogP contribution in [0.1, 0.15) is 18.0 Å². The molecule has 0 saturated carbocycles. The lowest BCUT2D eigenvalue weighted by Crippen LogP contribution is -2.13. The Morgan fingerprint density at radius 3 is 2.84 bits per heavy atom. The van der Waals surface area contributed by atoms with Gasteiger partial charge in [0.05, 0.1) is 16.2 Å².